The van der Waals surface area contributed by atoms with Crippen molar-refractivity contribution in [3.8, 4) is 0 Å². The number of imidazole rings is 1. The van der Waals surface area contributed by atoms with E-state index in [1.54, 1.807) is 6.07 Å². The van der Waals surface area contributed by atoms with Crippen LogP contribution in [0.5, 0.6) is 0 Å². The van der Waals surface area contributed by atoms with Crippen molar-refractivity contribution >= 4 is 16.9 Å². The van der Waals surface area contributed by atoms with Gasteiger partial charge in [0.2, 0.25) is 0 Å². The normalized spacial score (nSPS) is 18.2. The molecule has 2 aromatic carbocycles. The molecule has 1 atom stereocenters. The molecule has 1 fully saturated rings. The van der Waals surface area contributed by atoms with Crippen LogP contribution in [0.25, 0.3) is 11.0 Å². The topological polar surface area (TPSA) is 75.0 Å². The maximum absolute atomic E-state index is 11.6. The summed E-state index contributed by atoms with van der Waals surface area (Å²) >= 11 is 0. The first-order chi connectivity index (χ1) is 11.7. The van der Waals surface area contributed by atoms with Gasteiger partial charge in [0.25, 0.3) is 5.91 Å². The molecule has 0 aliphatic carbocycles. The van der Waals surface area contributed by atoms with Crippen LogP contribution in [0.2, 0.25) is 0 Å². The number of hydrogen-bond donors (Lipinski definition) is 2. The van der Waals surface area contributed by atoms with Crippen LogP contribution in [0.3, 0.4) is 0 Å². The predicted octanol–water partition coefficient (Wildman–Crippen LogP) is 2.65. The number of para-hydroxylation sites is 1. The first-order valence-corrected chi connectivity index (χ1v) is 8.25. The summed E-state index contributed by atoms with van der Waals surface area (Å²) in [5, 5.41) is 0. The minimum atomic E-state index is -0.434. The molecule has 122 valence electrons. The smallest absolute Gasteiger partial charge is 0.250 e. The van der Waals surface area contributed by atoms with Crippen molar-refractivity contribution in [2.45, 2.75) is 18.9 Å². The fourth-order valence-electron chi connectivity index (χ4n) is 3.48. The van der Waals surface area contributed by atoms with Gasteiger partial charge in [0.05, 0.1) is 11.1 Å². The maximum Gasteiger partial charge on any atom is 0.250 e. The number of amides is 1. The molecule has 1 aliphatic rings. The number of nitrogens with one attached hydrogen (secondary N) is 1. The number of aromatic nitrogens is 2. The number of primary amides is 1. The van der Waals surface area contributed by atoms with Gasteiger partial charge < -0.3 is 10.7 Å². The summed E-state index contributed by atoms with van der Waals surface area (Å²) in [6, 6.07) is 16.0. The van der Waals surface area contributed by atoms with E-state index in [1.807, 2.05) is 18.2 Å². The molecule has 1 aromatic heterocycles. The van der Waals surface area contributed by atoms with E-state index in [-0.39, 0.29) is 0 Å². The minimum absolute atomic E-state index is 0.363. The number of benzene rings is 2. The van der Waals surface area contributed by atoms with Gasteiger partial charge in [-0.25, -0.2) is 4.98 Å². The van der Waals surface area contributed by atoms with E-state index >= 15 is 0 Å². The van der Waals surface area contributed by atoms with E-state index in [9.17, 15) is 4.79 Å². The van der Waals surface area contributed by atoms with Gasteiger partial charge in [-0.15, -0.1) is 0 Å². The van der Waals surface area contributed by atoms with Crippen LogP contribution in [0.4, 0.5) is 0 Å². The zero-order valence-corrected chi connectivity index (χ0v) is 13.4. The lowest BCUT2D eigenvalue weighted by Gasteiger charge is -2.15. The summed E-state index contributed by atoms with van der Waals surface area (Å²) in [6.07, 6.45) is 1.07. The molecule has 1 aliphatic heterocycles. The summed E-state index contributed by atoms with van der Waals surface area (Å²) in [7, 11) is 0. The Kier molecular flexibility index (Phi) is 3.78. The zero-order valence-electron chi connectivity index (χ0n) is 13.4. The van der Waals surface area contributed by atoms with Gasteiger partial charge in [0.1, 0.15) is 11.3 Å². The van der Waals surface area contributed by atoms with Crippen LogP contribution in [-0.4, -0.2) is 33.9 Å². The van der Waals surface area contributed by atoms with E-state index in [0.29, 0.717) is 17.0 Å². The average Bonchev–Trinajstić information content (AvgIpc) is 3.21. The highest BCUT2D eigenvalue weighted by molar-refractivity contribution is 6.04. The first kappa shape index (κ1) is 14.9. The van der Waals surface area contributed by atoms with Crippen LogP contribution < -0.4 is 5.73 Å². The molecule has 0 unspecified atom stereocenters. The average molecular weight is 320 g/mol. The van der Waals surface area contributed by atoms with E-state index in [1.165, 1.54) is 5.56 Å². The van der Waals surface area contributed by atoms with E-state index in [2.05, 4.69) is 39.1 Å². The number of H-pyrrole nitrogens is 1. The Labute approximate surface area is 140 Å². The third-order valence-electron chi connectivity index (χ3n) is 4.70. The lowest BCUT2D eigenvalue weighted by molar-refractivity contribution is 0.100. The van der Waals surface area contributed by atoms with Gasteiger partial charge >= 0.3 is 0 Å². The largest absolute Gasteiger partial charge is 0.366 e. The molecule has 2 heterocycles. The van der Waals surface area contributed by atoms with Gasteiger partial charge in [0, 0.05) is 19.0 Å². The van der Waals surface area contributed by atoms with Crippen LogP contribution >= 0.6 is 0 Å². The molecule has 1 saturated heterocycles. The SMILES string of the molecule is NC(=O)c1cccc2[nH]c([C@H]3CCN(Cc4ccccc4)C3)nc12. The third-order valence-corrected chi connectivity index (χ3v) is 4.70. The summed E-state index contributed by atoms with van der Waals surface area (Å²) in [4.78, 5) is 22.1. The molecule has 0 bridgehead atoms. The molecule has 0 saturated carbocycles. The second-order valence-electron chi connectivity index (χ2n) is 6.39. The molecule has 1 amide bonds. The fraction of sp³-hybridized carbons (Fsp3) is 0.263. The van der Waals surface area contributed by atoms with Gasteiger partial charge in [-0.3, -0.25) is 9.69 Å². The molecule has 0 radical (unpaired) electrons. The number of likely N-dealkylation sites (tertiary alicyclic amines) is 1. The Bertz CT molecular complexity index is 871. The first-order valence-electron chi connectivity index (χ1n) is 8.25. The van der Waals surface area contributed by atoms with Gasteiger partial charge in [-0.1, -0.05) is 36.4 Å². The van der Waals surface area contributed by atoms with Gasteiger partial charge in [-0.05, 0) is 30.7 Å². The maximum atomic E-state index is 11.6. The van der Waals surface area contributed by atoms with Crippen molar-refractivity contribution in [2.75, 3.05) is 13.1 Å². The molecule has 0 spiro atoms. The van der Waals surface area contributed by atoms with Crippen LogP contribution in [-0.2, 0) is 6.54 Å². The number of carbonyl (C=O) groups excluding carboxylic acids is 1. The second-order valence-corrected chi connectivity index (χ2v) is 6.39. The number of rotatable bonds is 4. The number of nitrogens with zero attached hydrogens (tertiary/aromatic N) is 2. The Hall–Kier alpha value is -2.66. The number of nitrogens with two attached hydrogens (primary N) is 1. The lowest BCUT2D eigenvalue weighted by Crippen LogP contribution is -2.19. The van der Waals surface area contributed by atoms with E-state index in [4.69, 9.17) is 5.73 Å². The molecule has 5 heteroatoms. The second kappa shape index (κ2) is 6.09. The quantitative estimate of drug-likeness (QED) is 0.776. The predicted molar refractivity (Wildman–Crippen MR) is 93.7 cm³/mol. The molecule has 4 rings (SSSR count). The lowest BCUT2D eigenvalue weighted by atomic mass is 10.1. The number of hydrogen-bond acceptors (Lipinski definition) is 3. The van der Waals surface area contributed by atoms with Gasteiger partial charge in [-0.2, -0.15) is 0 Å². The van der Waals surface area contributed by atoms with Gasteiger partial charge in [0.15, 0.2) is 0 Å². The summed E-state index contributed by atoms with van der Waals surface area (Å²) < 4.78 is 0. The van der Waals surface area contributed by atoms with E-state index < -0.39 is 5.91 Å². The minimum Gasteiger partial charge on any atom is -0.366 e. The Morgan fingerprint density at radius 3 is 2.83 bits per heavy atom. The third kappa shape index (κ3) is 2.78. The summed E-state index contributed by atoms with van der Waals surface area (Å²) in [5.41, 5.74) is 8.82. The highest BCUT2D eigenvalue weighted by atomic mass is 16.1. The van der Waals surface area contributed by atoms with Crippen molar-refractivity contribution < 1.29 is 4.79 Å². The van der Waals surface area contributed by atoms with Crippen molar-refractivity contribution in [1.29, 1.82) is 0 Å². The van der Waals surface area contributed by atoms with Crippen molar-refractivity contribution in [3.63, 3.8) is 0 Å². The molecule has 24 heavy (non-hydrogen) atoms. The van der Waals surface area contributed by atoms with Crippen molar-refractivity contribution in [3.05, 3.63) is 65.5 Å². The summed E-state index contributed by atoms with van der Waals surface area (Å²) in [6.45, 7) is 2.99. The fourth-order valence-corrected chi connectivity index (χ4v) is 3.48. The highest BCUT2D eigenvalue weighted by Crippen LogP contribution is 2.28. The van der Waals surface area contributed by atoms with Crippen molar-refractivity contribution in [2.24, 2.45) is 5.73 Å². The number of aromatic amines is 1. The standard InChI is InChI=1S/C19H20N4O/c20-18(24)15-7-4-8-16-17(15)22-19(21-16)14-9-10-23(12-14)11-13-5-2-1-3-6-13/h1-8,14H,9-12H2,(H2,20,24)(H,21,22)/t14-/m0/s1. The Balaban J connectivity index is 1.54. The molecule has 3 aromatic rings. The molecular formula is C19H20N4O. The van der Waals surface area contributed by atoms with Crippen molar-refractivity contribution in [1.82, 2.24) is 14.9 Å². The number of carbonyl (C=O) groups is 1. The Morgan fingerprint density at radius 2 is 2.04 bits per heavy atom. The summed E-state index contributed by atoms with van der Waals surface area (Å²) in [5.74, 6) is 0.881. The monoisotopic (exact) mass is 320 g/mol. The molecule has 5 nitrogen and oxygen atoms in total. The van der Waals surface area contributed by atoms with Crippen LogP contribution in [0.1, 0.15) is 34.1 Å². The molecule has 3 N–H and O–H groups in total. The van der Waals surface area contributed by atoms with Crippen LogP contribution in [0, 0.1) is 0 Å². The zero-order chi connectivity index (χ0) is 16.5. The Morgan fingerprint density at radius 1 is 1.21 bits per heavy atom. The van der Waals surface area contributed by atoms with Crippen LogP contribution in [0.15, 0.2) is 48.5 Å². The highest BCUT2D eigenvalue weighted by Gasteiger charge is 2.26. The number of fused-ring (bicyclic) bond motifs is 1. The molecular weight excluding hydrogens is 300 g/mol. The van der Waals surface area contributed by atoms with E-state index in [0.717, 1.165) is 37.4 Å².